The van der Waals surface area contributed by atoms with Crippen LogP contribution in [0.1, 0.15) is 20.8 Å². The van der Waals surface area contributed by atoms with Crippen molar-refractivity contribution < 1.29 is 27.4 Å². The molecule has 0 atom stereocenters. The van der Waals surface area contributed by atoms with Crippen LogP contribution in [0.4, 0.5) is 18.0 Å². The van der Waals surface area contributed by atoms with Crippen LogP contribution >= 0.6 is 0 Å². The van der Waals surface area contributed by atoms with Gasteiger partial charge in [-0.25, -0.2) is 9.36 Å². The van der Waals surface area contributed by atoms with Gasteiger partial charge >= 0.3 is 12.5 Å². The van der Waals surface area contributed by atoms with Crippen molar-refractivity contribution in [2.24, 2.45) is 0 Å². The third-order valence-electron chi connectivity index (χ3n) is 2.47. The summed E-state index contributed by atoms with van der Waals surface area (Å²) in [6.07, 6.45) is -5.82. The van der Waals surface area contributed by atoms with Crippen LogP contribution in [0.3, 0.4) is 0 Å². The minimum absolute atomic E-state index is 0.283. The van der Waals surface area contributed by atoms with Crippen LogP contribution in [0.5, 0.6) is 5.88 Å². The zero-order chi connectivity index (χ0) is 15.8. The van der Waals surface area contributed by atoms with Crippen molar-refractivity contribution in [3.63, 3.8) is 0 Å². The lowest BCUT2D eigenvalue weighted by Gasteiger charge is -2.21. The fourth-order valence-electron chi connectivity index (χ4n) is 1.82. The van der Waals surface area contributed by atoms with Gasteiger partial charge in [-0.3, -0.25) is 0 Å². The predicted octanol–water partition coefficient (Wildman–Crippen LogP) is 4.32. The van der Waals surface area contributed by atoms with Crippen LogP contribution in [-0.2, 0) is 4.74 Å². The number of benzene rings is 1. The van der Waals surface area contributed by atoms with Crippen LogP contribution in [0, 0.1) is 0 Å². The van der Waals surface area contributed by atoms with Crippen LogP contribution in [-0.4, -0.2) is 22.6 Å². The van der Waals surface area contributed by atoms with Gasteiger partial charge in [0.15, 0.2) is 0 Å². The molecule has 21 heavy (non-hydrogen) atoms. The molecule has 0 fully saturated rings. The summed E-state index contributed by atoms with van der Waals surface area (Å²) in [6, 6.07) is 7.51. The van der Waals surface area contributed by atoms with E-state index in [1.807, 2.05) is 0 Å². The highest BCUT2D eigenvalue weighted by Gasteiger charge is 2.34. The number of halogens is 3. The molecule has 0 N–H and O–H groups in total. The lowest BCUT2D eigenvalue weighted by atomic mass is 10.2. The summed E-state index contributed by atoms with van der Waals surface area (Å²) >= 11 is 0. The Labute approximate surface area is 119 Å². The first kappa shape index (κ1) is 15.2. The Bertz CT molecular complexity index is 668. The van der Waals surface area contributed by atoms with E-state index in [1.165, 1.54) is 6.07 Å². The Morgan fingerprint density at radius 3 is 2.33 bits per heavy atom. The summed E-state index contributed by atoms with van der Waals surface area (Å²) in [5.74, 6) is -0.627. The van der Waals surface area contributed by atoms with Gasteiger partial charge in [0.05, 0.1) is 5.52 Å². The van der Waals surface area contributed by atoms with E-state index in [0.717, 1.165) is 10.6 Å². The number of carbonyl (C=O) groups is 1. The first-order chi connectivity index (χ1) is 9.57. The van der Waals surface area contributed by atoms with E-state index in [-0.39, 0.29) is 5.52 Å². The maximum absolute atomic E-state index is 12.5. The zero-order valence-corrected chi connectivity index (χ0v) is 11.7. The standard InChI is InChI=1S/C14H14F3NO3/c1-13(2,3)21-12(19)18-10-7-5-4-6-9(10)8-11(18)20-14(15,16)17/h4-8H,1-3H3. The number of rotatable bonds is 1. The highest BCUT2D eigenvalue weighted by Crippen LogP contribution is 2.30. The predicted molar refractivity (Wildman–Crippen MR) is 70.3 cm³/mol. The molecule has 7 heteroatoms. The number of alkyl halides is 3. The Kier molecular flexibility index (Phi) is 3.61. The Balaban J connectivity index is 2.53. The van der Waals surface area contributed by atoms with Gasteiger partial charge in [-0.15, -0.1) is 13.2 Å². The molecule has 0 saturated heterocycles. The molecule has 0 amide bonds. The lowest BCUT2D eigenvalue weighted by Crippen LogP contribution is -2.28. The summed E-state index contributed by atoms with van der Waals surface area (Å²) in [5.41, 5.74) is -0.552. The average Bonchev–Trinajstić information content (AvgIpc) is 2.61. The number of aromatic nitrogens is 1. The van der Waals surface area contributed by atoms with Crippen LogP contribution in [0.2, 0.25) is 0 Å². The van der Waals surface area contributed by atoms with Crippen LogP contribution in [0.25, 0.3) is 10.9 Å². The molecule has 4 nitrogen and oxygen atoms in total. The molecule has 1 heterocycles. The third kappa shape index (κ3) is 3.68. The number of nitrogens with zero attached hydrogens (tertiary/aromatic N) is 1. The highest BCUT2D eigenvalue weighted by molar-refractivity contribution is 5.92. The third-order valence-corrected chi connectivity index (χ3v) is 2.47. The van der Waals surface area contributed by atoms with E-state index in [0.29, 0.717) is 5.39 Å². The van der Waals surface area contributed by atoms with Crippen LogP contribution < -0.4 is 4.74 Å². The molecule has 0 spiro atoms. The molecule has 1 aromatic heterocycles. The molecule has 0 aliphatic rings. The quantitative estimate of drug-likeness (QED) is 0.787. The van der Waals surface area contributed by atoms with E-state index in [4.69, 9.17) is 4.74 Å². The first-order valence-electron chi connectivity index (χ1n) is 6.16. The van der Waals surface area contributed by atoms with Crippen molar-refractivity contribution >= 4 is 17.0 Å². The van der Waals surface area contributed by atoms with E-state index < -0.39 is 23.9 Å². The summed E-state index contributed by atoms with van der Waals surface area (Å²) in [6.45, 7) is 4.88. The number of para-hydroxylation sites is 1. The van der Waals surface area contributed by atoms with Gasteiger partial charge in [-0.05, 0) is 26.8 Å². The van der Waals surface area contributed by atoms with Crippen molar-refractivity contribution in [2.45, 2.75) is 32.7 Å². The minimum atomic E-state index is -4.89. The highest BCUT2D eigenvalue weighted by atomic mass is 19.4. The average molecular weight is 301 g/mol. The zero-order valence-electron chi connectivity index (χ0n) is 11.7. The van der Waals surface area contributed by atoms with Crippen molar-refractivity contribution in [1.29, 1.82) is 0 Å². The van der Waals surface area contributed by atoms with Crippen molar-refractivity contribution in [3.05, 3.63) is 30.3 Å². The van der Waals surface area contributed by atoms with E-state index in [1.54, 1.807) is 39.0 Å². The minimum Gasteiger partial charge on any atom is -0.443 e. The SMILES string of the molecule is CC(C)(C)OC(=O)n1c(OC(F)(F)F)cc2ccccc21. The summed E-state index contributed by atoms with van der Waals surface area (Å²) in [5, 5.41) is 0.447. The second kappa shape index (κ2) is 4.98. The van der Waals surface area contributed by atoms with E-state index >= 15 is 0 Å². The van der Waals surface area contributed by atoms with Gasteiger partial charge in [0.1, 0.15) is 5.60 Å². The normalized spacial score (nSPS) is 12.5. The Morgan fingerprint density at radius 1 is 1.14 bits per heavy atom. The van der Waals surface area contributed by atoms with Crippen molar-refractivity contribution in [1.82, 2.24) is 4.57 Å². The van der Waals surface area contributed by atoms with Crippen molar-refractivity contribution in [2.75, 3.05) is 0 Å². The molecule has 0 unspecified atom stereocenters. The monoisotopic (exact) mass is 301 g/mol. The van der Waals surface area contributed by atoms with Gasteiger partial charge in [0.25, 0.3) is 0 Å². The summed E-state index contributed by atoms with van der Waals surface area (Å²) in [7, 11) is 0. The molecule has 0 aliphatic carbocycles. The van der Waals surface area contributed by atoms with Crippen molar-refractivity contribution in [3.8, 4) is 5.88 Å². The van der Waals surface area contributed by atoms with Gasteiger partial charge in [0, 0.05) is 11.5 Å². The second-order valence-electron chi connectivity index (χ2n) is 5.40. The van der Waals surface area contributed by atoms with Crippen LogP contribution in [0.15, 0.2) is 30.3 Å². The number of fused-ring (bicyclic) bond motifs is 1. The maximum Gasteiger partial charge on any atom is 0.574 e. The Hall–Kier alpha value is -2.18. The fourth-order valence-corrected chi connectivity index (χ4v) is 1.82. The first-order valence-corrected chi connectivity index (χ1v) is 6.16. The Morgan fingerprint density at radius 2 is 1.76 bits per heavy atom. The molecular formula is C14H14F3NO3. The van der Waals surface area contributed by atoms with Gasteiger partial charge in [-0.2, -0.15) is 0 Å². The lowest BCUT2D eigenvalue weighted by molar-refractivity contribution is -0.276. The van der Waals surface area contributed by atoms with Gasteiger partial charge in [0.2, 0.25) is 5.88 Å². The second-order valence-corrected chi connectivity index (χ2v) is 5.40. The number of hydrogen-bond acceptors (Lipinski definition) is 3. The molecule has 0 bridgehead atoms. The molecule has 0 saturated carbocycles. The summed E-state index contributed by atoms with van der Waals surface area (Å²) in [4.78, 5) is 12.1. The molecular weight excluding hydrogens is 287 g/mol. The molecule has 2 rings (SSSR count). The molecule has 0 radical (unpaired) electrons. The fraction of sp³-hybridized carbons (Fsp3) is 0.357. The largest absolute Gasteiger partial charge is 0.574 e. The summed E-state index contributed by atoms with van der Waals surface area (Å²) < 4.78 is 47.2. The number of ether oxygens (including phenoxy) is 2. The van der Waals surface area contributed by atoms with Gasteiger partial charge < -0.3 is 9.47 Å². The van der Waals surface area contributed by atoms with E-state index in [2.05, 4.69) is 4.74 Å². The van der Waals surface area contributed by atoms with E-state index in [9.17, 15) is 18.0 Å². The molecule has 1 aromatic carbocycles. The molecule has 2 aromatic rings. The maximum atomic E-state index is 12.5. The van der Waals surface area contributed by atoms with Gasteiger partial charge in [-0.1, -0.05) is 18.2 Å². The smallest absolute Gasteiger partial charge is 0.443 e. The number of carbonyl (C=O) groups excluding carboxylic acids is 1. The molecule has 114 valence electrons. The topological polar surface area (TPSA) is 40.5 Å². The number of hydrogen-bond donors (Lipinski definition) is 0. The molecule has 0 aliphatic heterocycles.